The van der Waals surface area contributed by atoms with Gasteiger partial charge in [0.2, 0.25) is 0 Å². The molecule has 0 spiro atoms. The summed E-state index contributed by atoms with van der Waals surface area (Å²) in [5.41, 5.74) is 1.34. The first-order chi connectivity index (χ1) is 6.36. The van der Waals surface area contributed by atoms with Crippen LogP contribution >= 0.6 is 15.9 Å². The number of hydrogen-bond acceptors (Lipinski definition) is 1. The number of ether oxygens (including phenoxy) is 1. The normalized spacial score (nSPS) is 27.6. The second kappa shape index (κ2) is 4.14. The Balaban J connectivity index is 2.05. The van der Waals surface area contributed by atoms with Crippen molar-refractivity contribution >= 4 is 15.9 Å². The molecule has 0 saturated carbocycles. The lowest BCUT2D eigenvalue weighted by Gasteiger charge is -2.24. The van der Waals surface area contributed by atoms with Gasteiger partial charge in [0.25, 0.3) is 0 Å². The molecule has 1 heterocycles. The van der Waals surface area contributed by atoms with Gasteiger partial charge in [-0.15, -0.1) is 0 Å². The van der Waals surface area contributed by atoms with E-state index >= 15 is 0 Å². The van der Waals surface area contributed by atoms with Gasteiger partial charge >= 0.3 is 0 Å². The lowest BCUT2D eigenvalue weighted by molar-refractivity contribution is 0.150. The number of hydrogen-bond donors (Lipinski definition) is 0. The molecular formula is C11H13BrO. The van der Waals surface area contributed by atoms with Crippen LogP contribution in [0.3, 0.4) is 0 Å². The zero-order valence-electron chi connectivity index (χ0n) is 7.50. The molecule has 0 aromatic carbocycles. The molecule has 0 aromatic rings. The Morgan fingerprint density at radius 2 is 2.15 bits per heavy atom. The van der Waals surface area contributed by atoms with Crippen LogP contribution in [-0.4, -0.2) is 6.10 Å². The molecule has 2 heteroatoms. The minimum atomic E-state index is 0.274. The van der Waals surface area contributed by atoms with Gasteiger partial charge in [-0.05, 0) is 53.3 Å². The van der Waals surface area contributed by atoms with Crippen molar-refractivity contribution in [2.24, 2.45) is 0 Å². The fourth-order valence-corrected chi connectivity index (χ4v) is 2.15. The van der Waals surface area contributed by atoms with Gasteiger partial charge in [-0.3, -0.25) is 0 Å². The topological polar surface area (TPSA) is 9.23 Å². The second-order valence-electron chi connectivity index (χ2n) is 3.38. The number of allylic oxidation sites excluding steroid dienone is 3. The van der Waals surface area contributed by atoms with E-state index in [0.29, 0.717) is 0 Å². The van der Waals surface area contributed by atoms with Gasteiger partial charge in [0, 0.05) is 0 Å². The summed E-state index contributed by atoms with van der Waals surface area (Å²) < 4.78 is 6.58. The molecule has 1 aliphatic carbocycles. The molecule has 2 rings (SSSR count). The third-order valence-corrected chi connectivity index (χ3v) is 2.89. The minimum Gasteiger partial charge on any atom is -0.479 e. The van der Waals surface area contributed by atoms with E-state index in [2.05, 4.69) is 40.2 Å². The quantitative estimate of drug-likeness (QED) is 0.680. The van der Waals surface area contributed by atoms with Crippen LogP contribution < -0.4 is 0 Å². The smallest absolute Gasteiger partial charge is 0.159 e. The Hall–Kier alpha value is -0.500. The summed E-state index contributed by atoms with van der Waals surface area (Å²) in [6.07, 6.45) is 13.6. The highest BCUT2D eigenvalue weighted by Crippen LogP contribution is 2.27. The summed E-state index contributed by atoms with van der Waals surface area (Å²) in [4.78, 5) is 0. The van der Waals surface area contributed by atoms with E-state index in [1.165, 1.54) is 12.0 Å². The predicted molar refractivity (Wildman–Crippen MR) is 57.6 cm³/mol. The first-order valence-electron chi connectivity index (χ1n) is 4.75. The lowest BCUT2D eigenvalue weighted by Crippen LogP contribution is -2.17. The zero-order valence-corrected chi connectivity index (χ0v) is 9.09. The van der Waals surface area contributed by atoms with E-state index in [-0.39, 0.29) is 6.10 Å². The molecule has 1 nitrogen and oxygen atoms in total. The molecule has 0 aromatic heterocycles. The Morgan fingerprint density at radius 1 is 1.23 bits per heavy atom. The number of rotatable bonds is 1. The fourth-order valence-electron chi connectivity index (χ4n) is 1.70. The van der Waals surface area contributed by atoms with Gasteiger partial charge in [0.15, 0.2) is 4.67 Å². The standard InChI is InChI=1S/C11H13BrO/c12-11-8-4-7-10(13-11)9-5-2-1-3-6-9/h2,5-6,8,10H,1,3-4,7H2. The fraction of sp³-hybridized carbons (Fsp3) is 0.455. The van der Waals surface area contributed by atoms with Gasteiger partial charge in [-0.25, -0.2) is 0 Å². The van der Waals surface area contributed by atoms with Crippen LogP contribution in [-0.2, 0) is 4.74 Å². The van der Waals surface area contributed by atoms with E-state index in [0.717, 1.165) is 23.9 Å². The molecule has 13 heavy (non-hydrogen) atoms. The Kier molecular flexibility index (Phi) is 2.89. The SMILES string of the molecule is BrC1=CCCC(C2=CCCC=C2)O1. The Bertz CT molecular complexity index is 276. The molecule has 0 saturated heterocycles. The second-order valence-corrected chi connectivity index (χ2v) is 4.16. The monoisotopic (exact) mass is 240 g/mol. The van der Waals surface area contributed by atoms with Gasteiger partial charge < -0.3 is 4.74 Å². The van der Waals surface area contributed by atoms with Crippen LogP contribution in [0.25, 0.3) is 0 Å². The maximum absolute atomic E-state index is 5.68. The zero-order chi connectivity index (χ0) is 9.10. The van der Waals surface area contributed by atoms with Crippen molar-refractivity contribution in [2.45, 2.75) is 31.8 Å². The molecule has 0 N–H and O–H groups in total. The van der Waals surface area contributed by atoms with Crippen LogP contribution in [0.5, 0.6) is 0 Å². The summed E-state index contributed by atoms with van der Waals surface area (Å²) >= 11 is 3.38. The molecule has 1 unspecified atom stereocenters. The third kappa shape index (κ3) is 2.25. The first kappa shape index (κ1) is 9.07. The Morgan fingerprint density at radius 3 is 2.85 bits per heavy atom. The molecule has 1 atom stereocenters. The summed E-state index contributed by atoms with van der Waals surface area (Å²) in [6.45, 7) is 0. The number of halogens is 1. The largest absolute Gasteiger partial charge is 0.479 e. The summed E-state index contributed by atoms with van der Waals surface area (Å²) in [7, 11) is 0. The van der Waals surface area contributed by atoms with Crippen LogP contribution in [0, 0.1) is 0 Å². The van der Waals surface area contributed by atoms with Gasteiger partial charge in [-0.1, -0.05) is 18.2 Å². The summed E-state index contributed by atoms with van der Waals surface area (Å²) in [5.74, 6) is 0. The lowest BCUT2D eigenvalue weighted by atomic mass is 9.98. The van der Waals surface area contributed by atoms with Crippen molar-refractivity contribution in [3.05, 3.63) is 34.5 Å². The van der Waals surface area contributed by atoms with E-state index < -0.39 is 0 Å². The van der Waals surface area contributed by atoms with Crippen LogP contribution in [0.15, 0.2) is 34.5 Å². The van der Waals surface area contributed by atoms with E-state index in [4.69, 9.17) is 4.74 Å². The minimum absolute atomic E-state index is 0.274. The highest BCUT2D eigenvalue weighted by Gasteiger charge is 2.18. The van der Waals surface area contributed by atoms with Gasteiger partial charge in [-0.2, -0.15) is 0 Å². The van der Waals surface area contributed by atoms with E-state index in [1.807, 2.05) is 0 Å². The van der Waals surface area contributed by atoms with Crippen molar-refractivity contribution in [1.82, 2.24) is 0 Å². The molecule has 2 aliphatic rings. The van der Waals surface area contributed by atoms with E-state index in [9.17, 15) is 0 Å². The molecule has 0 amide bonds. The Labute approximate surface area is 87.3 Å². The van der Waals surface area contributed by atoms with Crippen molar-refractivity contribution in [1.29, 1.82) is 0 Å². The van der Waals surface area contributed by atoms with Crippen molar-refractivity contribution in [3.8, 4) is 0 Å². The van der Waals surface area contributed by atoms with Crippen LogP contribution in [0.1, 0.15) is 25.7 Å². The molecule has 70 valence electrons. The van der Waals surface area contributed by atoms with Crippen molar-refractivity contribution in [3.63, 3.8) is 0 Å². The molecule has 0 bridgehead atoms. The van der Waals surface area contributed by atoms with Gasteiger partial charge in [0.05, 0.1) is 0 Å². The highest BCUT2D eigenvalue weighted by atomic mass is 79.9. The molecular weight excluding hydrogens is 228 g/mol. The third-order valence-electron chi connectivity index (χ3n) is 2.38. The highest BCUT2D eigenvalue weighted by molar-refractivity contribution is 9.11. The average Bonchev–Trinajstić information content (AvgIpc) is 2.19. The maximum Gasteiger partial charge on any atom is 0.159 e. The summed E-state index contributed by atoms with van der Waals surface area (Å²) in [6, 6.07) is 0. The molecule has 1 aliphatic heterocycles. The van der Waals surface area contributed by atoms with Gasteiger partial charge in [0.1, 0.15) is 6.10 Å². The molecule has 0 radical (unpaired) electrons. The van der Waals surface area contributed by atoms with Crippen LogP contribution in [0.2, 0.25) is 0 Å². The van der Waals surface area contributed by atoms with Crippen molar-refractivity contribution in [2.75, 3.05) is 0 Å². The maximum atomic E-state index is 5.68. The summed E-state index contributed by atoms with van der Waals surface area (Å²) in [5, 5.41) is 0. The first-order valence-corrected chi connectivity index (χ1v) is 5.54. The predicted octanol–water partition coefficient (Wildman–Crippen LogP) is 3.68. The van der Waals surface area contributed by atoms with Crippen molar-refractivity contribution < 1.29 is 4.74 Å². The molecule has 0 fully saturated rings. The average molecular weight is 241 g/mol. The van der Waals surface area contributed by atoms with Crippen LogP contribution in [0.4, 0.5) is 0 Å². The van der Waals surface area contributed by atoms with E-state index in [1.54, 1.807) is 0 Å².